The minimum absolute atomic E-state index is 0.0502. The second-order valence-corrected chi connectivity index (χ2v) is 3.47. The minimum atomic E-state index is -4.74. The Morgan fingerprint density at radius 3 is 2.47 bits per heavy atom. The van der Waals surface area contributed by atoms with Crippen LogP contribution >= 0.6 is 0 Å². The van der Waals surface area contributed by atoms with Crippen molar-refractivity contribution in [1.29, 1.82) is 0 Å². The largest absolute Gasteiger partial charge is 0.419 e. The van der Waals surface area contributed by atoms with Crippen LogP contribution in [0.4, 0.5) is 17.6 Å². The summed E-state index contributed by atoms with van der Waals surface area (Å²) in [4.78, 5) is 11.4. The van der Waals surface area contributed by atoms with Gasteiger partial charge in [0.2, 0.25) is 0 Å². The van der Waals surface area contributed by atoms with Crippen molar-refractivity contribution in [1.82, 2.24) is 5.32 Å². The lowest BCUT2D eigenvalue weighted by Crippen LogP contribution is -2.14. The summed E-state index contributed by atoms with van der Waals surface area (Å²) in [7, 11) is 1.64. The molecule has 17 heavy (non-hydrogen) atoms. The van der Waals surface area contributed by atoms with Crippen LogP contribution in [0.2, 0.25) is 0 Å². The van der Waals surface area contributed by atoms with E-state index in [1.807, 2.05) is 0 Å². The summed E-state index contributed by atoms with van der Waals surface area (Å²) in [6.07, 6.45) is -4.63. The van der Waals surface area contributed by atoms with Crippen LogP contribution in [0.25, 0.3) is 0 Å². The molecule has 2 nitrogen and oxygen atoms in total. The SMILES string of the molecule is CNCCC(=O)c1ccc(C(F)(F)F)c(F)c1. The number of hydrogen-bond acceptors (Lipinski definition) is 2. The van der Waals surface area contributed by atoms with Crippen molar-refractivity contribution in [2.45, 2.75) is 12.6 Å². The summed E-state index contributed by atoms with van der Waals surface area (Å²) < 4.78 is 49.9. The number of carbonyl (C=O) groups excluding carboxylic acids is 1. The minimum Gasteiger partial charge on any atom is -0.319 e. The van der Waals surface area contributed by atoms with Crippen LogP contribution in [-0.4, -0.2) is 19.4 Å². The second-order valence-electron chi connectivity index (χ2n) is 3.47. The van der Waals surface area contributed by atoms with Crippen LogP contribution in [0.1, 0.15) is 22.3 Å². The van der Waals surface area contributed by atoms with Crippen molar-refractivity contribution in [2.24, 2.45) is 0 Å². The van der Waals surface area contributed by atoms with Gasteiger partial charge in [-0.05, 0) is 19.2 Å². The van der Waals surface area contributed by atoms with Crippen molar-refractivity contribution in [3.63, 3.8) is 0 Å². The number of rotatable bonds is 4. The van der Waals surface area contributed by atoms with Crippen LogP contribution in [0.3, 0.4) is 0 Å². The van der Waals surface area contributed by atoms with E-state index in [2.05, 4.69) is 5.32 Å². The molecule has 0 aliphatic heterocycles. The third-order valence-electron chi connectivity index (χ3n) is 2.20. The molecule has 0 aliphatic carbocycles. The Hall–Kier alpha value is -1.43. The summed E-state index contributed by atoms with van der Waals surface area (Å²) in [6.45, 7) is 0.390. The van der Waals surface area contributed by atoms with Crippen molar-refractivity contribution >= 4 is 5.78 Å². The molecule has 0 heterocycles. The maximum atomic E-state index is 13.1. The van der Waals surface area contributed by atoms with Crippen molar-refractivity contribution in [3.8, 4) is 0 Å². The molecule has 0 saturated carbocycles. The first-order valence-corrected chi connectivity index (χ1v) is 4.91. The average Bonchev–Trinajstić information content (AvgIpc) is 2.23. The zero-order valence-corrected chi connectivity index (χ0v) is 9.07. The first kappa shape index (κ1) is 13.6. The number of Topliss-reactive ketones (excluding diaryl/α,β-unsaturated/α-hetero) is 1. The monoisotopic (exact) mass is 249 g/mol. The number of ketones is 1. The first-order chi connectivity index (χ1) is 7.86. The van der Waals surface area contributed by atoms with E-state index >= 15 is 0 Å². The lowest BCUT2D eigenvalue weighted by Gasteiger charge is -2.08. The Balaban J connectivity index is 2.93. The molecule has 0 aromatic heterocycles. The Morgan fingerprint density at radius 2 is 2.00 bits per heavy atom. The molecule has 0 radical (unpaired) electrons. The topological polar surface area (TPSA) is 29.1 Å². The van der Waals surface area contributed by atoms with Crippen LogP contribution in [0.5, 0.6) is 0 Å². The highest BCUT2D eigenvalue weighted by molar-refractivity contribution is 5.96. The Kier molecular flexibility index (Phi) is 4.22. The van der Waals surface area contributed by atoms with Crippen molar-refractivity contribution < 1.29 is 22.4 Å². The predicted octanol–water partition coefficient (Wildman–Crippen LogP) is 2.64. The van der Waals surface area contributed by atoms with E-state index in [4.69, 9.17) is 0 Å². The predicted molar refractivity (Wildman–Crippen MR) is 54.3 cm³/mol. The van der Waals surface area contributed by atoms with E-state index in [1.165, 1.54) is 0 Å². The van der Waals surface area contributed by atoms with Gasteiger partial charge in [0.25, 0.3) is 0 Å². The van der Waals surface area contributed by atoms with Gasteiger partial charge < -0.3 is 5.32 Å². The maximum Gasteiger partial charge on any atom is 0.419 e. The fourth-order valence-electron chi connectivity index (χ4n) is 1.30. The van der Waals surface area contributed by atoms with Crippen LogP contribution in [-0.2, 0) is 6.18 Å². The molecule has 0 fully saturated rings. The zero-order valence-electron chi connectivity index (χ0n) is 9.07. The molecular weight excluding hydrogens is 238 g/mol. The number of alkyl halides is 3. The van der Waals surface area contributed by atoms with E-state index in [9.17, 15) is 22.4 Å². The average molecular weight is 249 g/mol. The molecule has 1 N–H and O–H groups in total. The number of benzene rings is 1. The van der Waals surface area contributed by atoms with Gasteiger partial charge in [-0.15, -0.1) is 0 Å². The molecule has 0 saturated heterocycles. The van der Waals surface area contributed by atoms with Crippen molar-refractivity contribution in [2.75, 3.05) is 13.6 Å². The molecule has 1 aromatic rings. The van der Waals surface area contributed by atoms with Gasteiger partial charge in [-0.1, -0.05) is 6.07 Å². The van der Waals surface area contributed by atoms with E-state index in [-0.39, 0.29) is 12.0 Å². The molecule has 6 heteroatoms. The van der Waals surface area contributed by atoms with Gasteiger partial charge in [0.15, 0.2) is 5.78 Å². The van der Waals surface area contributed by atoms with Gasteiger partial charge in [0, 0.05) is 18.5 Å². The number of nitrogens with one attached hydrogen (secondary N) is 1. The lowest BCUT2D eigenvalue weighted by molar-refractivity contribution is -0.140. The fraction of sp³-hybridized carbons (Fsp3) is 0.364. The molecule has 1 aromatic carbocycles. The third kappa shape index (κ3) is 3.52. The smallest absolute Gasteiger partial charge is 0.319 e. The molecule has 0 atom stereocenters. The van der Waals surface area contributed by atoms with E-state index < -0.39 is 23.3 Å². The van der Waals surface area contributed by atoms with Gasteiger partial charge in [-0.2, -0.15) is 13.2 Å². The maximum absolute atomic E-state index is 13.1. The highest BCUT2D eigenvalue weighted by Crippen LogP contribution is 2.31. The summed E-state index contributed by atoms with van der Waals surface area (Å²) in [5, 5.41) is 2.72. The van der Waals surface area contributed by atoms with Gasteiger partial charge in [-0.3, -0.25) is 4.79 Å². The molecule has 0 amide bonds. The number of hydrogen-bond donors (Lipinski definition) is 1. The standard InChI is InChI=1S/C11H11F4NO/c1-16-5-4-10(17)7-2-3-8(9(12)6-7)11(13,14)15/h2-3,6,16H,4-5H2,1H3. The molecular formula is C11H11F4NO. The fourth-order valence-corrected chi connectivity index (χ4v) is 1.30. The van der Waals surface area contributed by atoms with E-state index in [0.29, 0.717) is 18.7 Å². The summed E-state index contributed by atoms with van der Waals surface area (Å²) in [6, 6.07) is 2.20. The number of halogens is 4. The summed E-state index contributed by atoms with van der Waals surface area (Å²) >= 11 is 0. The summed E-state index contributed by atoms with van der Waals surface area (Å²) in [5.41, 5.74) is -1.41. The van der Waals surface area contributed by atoms with Gasteiger partial charge in [0.05, 0.1) is 5.56 Å². The molecule has 94 valence electrons. The molecule has 0 aliphatic rings. The van der Waals surface area contributed by atoms with Gasteiger partial charge in [0.1, 0.15) is 5.82 Å². The Bertz CT molecular complexity index is 414. The summed E-state index contributed by atoms with van der Waals surface area (Å²) in [5.74, 6) is -1.82. The quantitative estimate of drug-likeness (QED) is 0.656. The van der Waals surface area contributed by atoms with Gasteiger partial charge >= 0.3 is 6.18 Å². The molecule has 0 unspecified atom stereocenters. The van der Waals surface area contributed by atoms with Crippen LogP contribution in [0.15, 0.2) is 18.2 Å². The third-order valence-corrected chi connectivity index (χ3v) is 2.20. The highest BCUT2D eigenvalue weighted by Gasteiger charge is 2.34. The molecule has 0 spiro atoms. The molecule has 0 bridgehead atoms. The second kappa shape index (κ2) is 5.27. The molecule has 1 rings (SSSR count). The van der Waals surface area contributed by atoms with Gasteiger partial charge in [-0.25, -0.2) is 4.39 Å². The Labute approximate surface area is 95.6 Å². The van der Waals surface area contributed by atoms with E-state index in [1.54, 1.807) is 7.05 Å². The van der Waals surface area contributed by atoms with Crippen LogP contribution < -0.4 is 5.32 Å². The number of carbonyl (C=O) groups is 1. The normalized spacial score (nSPS) is 11.6. The van der Waals surface area contributed by atoms with E-state index in [0.717, 1.165) is 6.07 Å². The Morgan fingerprint density at radius 1 is 1.35 bits per heavy atom. The first-order valence-electron chi connectivity index (χ1n) is 4.91. The highest BCUT2D eigenvalue weighted by atomic mass is 19.4. The zero-order chi connectivity index (χ0) is 13.1. The lowest BCUT2D eigenvalue weighted by atomic mass is 10.1. The van der Waals surface area contributed by atoms with Crippen molar-refractivity contribution in [3.05, 3.63) is 35.1 Å². The van der Waals surface area contributed by atoms with Crippen LogP contribution in [0, 0.1) is 5.82 Å².